The van der Waals surface area contributed by atoms with Crippen molar-refractivity contribution in [3.8, 4) is 5.69 Å². The average Bonchev–Trinajstić information content (AvgIpc) is 3.17. The summed E-state index contributed by atoms with van der Waals surface area (Å²) < 4.78 is 13.7. The Labute approximate surface area is 177 Å². The average molecular weight is 419 g/mol. The summed E-state index contributed by atoms with van der Waals surface area (Å²) in [6, 6.07) is 19.1. The van der Waals surface area contributed by atoms with E-state index in [0.29, 0.717) is 11.2 Å². The molecule has 0 spiro atoms. The van der Waals surface area contributed by atoms with Crippen LogP contribution < -0.4 is 10.6 Å². The van der Waals surface area contributed by atoms with E-state index >= 15 is 0 Å². The van der Waals surface area contributed by atoms with E-state index in [1.807, 2.05) is 30.3 Å². The summed E-state index contributed by atoms with van der Waals surface area (Å²) in [5, 5.41) is 14.5. The fraction of sp³-hybridized carbons (Fsp3) is 0.0909. The smallest absolute Gasteiger partial charge is 0.260 e. The van der Waals surface area contributed by atoms with Crippen LogP contribution in [0.15, 0.2) is 66.7 Å². The maximum absolute atomic E-state index is 13.7. The largest absolute Gasteiger partial charge is 0.332 e. The molecule has 3 aromatic carbocycles. The van der Waals surface area contributed by atoms with Crippen molar-refractivity contribution in [1.29, 1.82) is 0 Å². The molecule has 8 heteroatoms. The molecule has 1 heterocycles. The summed E-state index contributed by atoms with van der Waals surface area (Å²) in [6.45, 7) is 2.10. The van der Waals surface area contributed by atoms with E-state index in [1.54, 1.807) is 23.0 Å². The lowest BCUT2D eigenvalue weighted by Gasteiger charge is -2.09. The summed E-state index contributed by atoms with van der Waals surface area (Å²) in [4.78, 5) is 13.8. The Hall–Kier alpha value is -3.65. The zero-order valence-corrected chi connectivity index (χ0v) is 16.9. The molecule has 30 heavy (non-hydrogen) atoms. The van der Waals surface area contributed by atoms with Crippen molar-refractivity contribution in [2.45, 2.75) is 13.3 Å². The van der Waals surface area contributed by atoms with Crippen molar-refractivity contribution < 1.29 is 9.18 Å². The number of rotatable bonds is 4. The second kappa shape index (κ2) is 8.38. The van der Waals surface area contributed by atoms with E-state index < -0.39 is 11.7 Å². The van der Waals surface area contributed by atoms with Gasteiger partial charge in [0.2, 0.25) is 0 Å². The number of benzene rings is 3. The van der Waals surface area contributed by atoms with Gasteiger partial charge in [-0.05, 0) is 66.7 Å². The number of hydrogen-bond acceptors (Lipinski definition) is 4. The molecule has 0 bridgehead atoms. The molecule has 150 valence electrons. The number of aryl methyl sites for hydroxylation is 1. The van der Waals surface area contributed by atoms with Crippen molar-refractivity contribution in [3.05, 3.63) is 83.7 Å². The molecule has 1 amide bonds. The van der Waals surface area contributed by atoms with Crippen LogP contribution in [0.1, 0.15) is 22.8 Å². The highest BCUT2D eigenvalue weighted by Gasteiger charge is 2.13. The van der Waals surface area contributed by atoms with Gasteiger partial charge >= 0.3 is 0 Å². The molecule has 0 aliphatic rings. The lowest BCUT2D eigenvalue weighted by atomic mass is 10.2. The zero-order chi connectivity index (χ0) is 21.1. The number of anilines is 1. The van der Waals surface area contributed by atoms with Gasteiger partial charge < -0.3 is 5.32 Å². The van der Waals surface area contributed by atoms with Crippen molar-refractivity contribution in [1.82, 2.24) is 20.3 Å². The fourth-order valence-corrected chi connectivity index (χ4v) is 3.16. The molecule has 0 unspecified atom stereocenters. The van der Waals surface area contributed by atoms with Gasteiger partial charge in [-0.25, -0.2) is 4.39 Å². The number of fused-ring (bicyclic) bond motifs is 1. The summed E-state index contributed by atoms with van der Waals surface area (Å²) in [6.07, 6.45) is 0.969. The molecule has 4 aromatic rings. The van der Waals surface area contributed by atoms with Gasteiger partial charge in [0.15, 0.2) is 5.11 Å². The topological polar surface area (TPSA) is 71.8 Å². The van der Waals surface area contributed by atoms with Gasteiger partial charge in [-0.1, -0.05) is 31.2 Å². The van der Waals surface area contributed by atoms with Crippen molar-refractivity contribution >= 4 is 40.0 Å². The van der Waals surface area contributed by atoms with Crippen LogP contribution in [0, 0.1) is 5.82 Å². The lowest BCUT2D eigenvalue weighted by Crippen LogP contribution is -2.34. The van der Waals surface area contributed by atoms with Crippen LogP contribution in [-0.4, -0.2) is 26.0 Å². The van der Waals surface area contributed by atoms with Crippen molar-refractivity contribution in [2.75, 3.05) is 5.32 Å². The van der Waals surface area contributed by atoms with Crippen molar-refractivity contribution in [2.24, 2.45) is 0 Å². The Kier molecular flexibility index (Phi) is 5.49. The number of thiocarbonyl (C=S) groups is 1. The number of carbonyl (C=O) groups excluding carboxylic acids is 1. The Morgan fingerprint density at radius 1 is 1.03 bits per heavy atom. The molecular weight excluding hydrogens is 401 g/mol. The van der Waals surface area contributed by atoms with E-state index in [2.05, 4.69) is 27.8 Å². The molecule has 0 aliphatic heterocycles. The SMILES string of the molecule is CCc1ccc(-n2nc3ccc(NC(=S)NC(=O)c4ccccc4F)cc3n2)cc1. The number of carbonyl (C=O) groups is 1. The van der Waals surface area contributed by atoms with E-state index in [9.17, 15) is 9.18 Å². The molecule has 0 aliphatic carbocycles. The number of amides is 1. The molecule has 4 rings (SSSR count). The van der Waals surface area contributed by atoms with Crippen LogP contribution in [0.3, 0.4) is 0 Å². The zero-order valence-electron chi connectivity index (χ0n) is 16.1. The Morgan fingerprint density at radius 3 is 2.50 bits per heavy atom. The van der Waals surface area contributed by atoms with Crippen LogP contribution in [0.4, 0.5) is 10.1 Å². The second-order valence-electron chi connectivity index (χ2n) is 6.60. The van der Waals surface area contributed by atoms with E-state index in [1.165, 1.54) is 23.8 Å². The minimum absolute atomic E-state index is 0.0603. The number of halogens is 1. The maximum atomic E-state index is 13.7. The van der Waals surface area contributed by atoms with Gasteiger partial charge in [0.25, 0.3) is 5.91 Å². The third kappa shape index (κ3) is 4.18. The van der Waals surface area contributed by atoms with Crippen LogP contribution in [0.25, 0.3) is 16.7 Å². The van der Waals surface area contributed by atoms with Gasteiger partial charge in [-0.15, -0.1) is 10.2 Å². The highest BCUT2D eigenvalue weighted by molar-refractivity contribution is 7.80. The summed E-state index contributed by atoms with van der Waals surface area (Å²) in [5.41, 5.74) is 4.06. The standard InChI is InChI=1S/C22H18FN5OS/c1-2-14-7-10-16(11-8-14)28-26-19-12-9-15(13-20(19)27-28)24-22(30)25-21(29)17-5-3-4-6-18(17)23/h3-13H,2H2,1H3,(H2,24,25,29,30). The summed E-state index contributed by atoms with van der Waals surface area (Å²) >= 11 is 5.18. The lowest BCUT2D eigenvalue weighted by molar-refractivity contribution is 0.0974. The Morgan fingerprint density at radius 2 is 1.77 bits per heavy atom. The van der Waals surface area contributed by atoms with Gasteiger partial charge in [0.1, 0.15) is 16.9 Å². The number of hydrogen-bond donors (Lipinski definition) is 2. The molecule has 2 N–H and O–H groups in total. The minimum Gasteiger partial charge on any atom is -0.332 e. The van der Waals surface area contributed by atoms with E-state index in [4.69, 9.17) is 12.2 Å². The molecule has 0 fully saturated rings. The first-order valence-corrected chi connectivity index (χ1v) is 9.77. The third-order valence-corrected chi connectivity index (χ3v) is 4.76. The maximum Gasteiger partial charge on any atom is 0.260 e. The van der Waals surface area contributed by atoms with Crippen molar-refractivity contribution in [3.63, 3.8) is 0 Å². The first-order valence-electron chi connectivity index (χ1n) is 9.37. The Bertz CT molecular complexity index is 1240. The molecule has 0 saturated heterocycles. The third-order valence-electron chi connectivity index (χ3n) is 4.56. The highest BCUT2D eigenvalue weighted by Crippen LogP contribution is 2.18. The number of aromatic nitrogens is 3. The predicted octanol–water partition coefficient (Wildman–Crippen LogP) is 4.25. The minimum atomic E-state index is -0.617. The van der Waals surface area contributed by atoms with Crippen LogP contribution >= 0.6 is 12.2 Å². The van der Waals surface area contributed by atoms with Crippen LogP contribution in [-0.2, 0) is 6.42 Å². The molecule has 0 atom stereocenters. The first-order chi connectivity index (χ1) is 14.5. The molecule has 0 saturated carbocycles. The van der Waals surface area contributed by atoms with E-state index in [-0.39, 0.29) is 10.7 Å². The fourth-order valence-electron chi connectivity index (χ4n) is 2.95. The number of nitrogens with one attached hydrogen (secondary N) is 2. The quantitative estimate of drug-likeness (QED) is 0.484. The summed E-state index contributed by atoms with van der Waals surface area (Å²) in [5.74, 6) is -1.23. The normalized spacial score (nSPS) is 10.7. The number of nitrogens with zero attached hydrogens (tertiary/aromatic N) is 3. The highest BCUT2D eigenvalue weighted by atomic mass is 32.1. The molecular formula is C22H18FN5OS. The van der Waals surface area contributed by atoms with Gasteiger partial charge in [0.05, 0.1) is 11.3 Å². The predicted molar refractivity (Wildman–Crippen MR) is 118 cm³/mol. The molecule has 1 aromatic heterocycles. The van der Waals surface area contributed by atoms with Gasteiger partial charge in [-0.2, -0.15) is 4.80 Å². The second-order valence-corrected chi connectivity index (χ2v) is 7.01. The van der Waals surface area contributed by atoms with Gasteiger partial charge in [-0.3, -0.25) is 10.1 Å². The van der Waals surface area contributed by atoms with E-state index in [0.717, 1.165) is 17.6 Å². The van der Waals surface area contributed by atoms with Gasteiger partial charge in [0, 0.05) is 5.69 Å². The monoisotopic (exact) mass is 419 g/mol. The van der Waals surface area contributed by atoms with Crippen LogP contribution in [0.5, 0.6) is 0 Å². The first kappa shape index (κ1) is 19.7. The molecule has 0 radical (unpaired) electrons. The Balaban J connectivity index is 1.48. The summed E-state index contributed by atoms with van der Waals surface area (Å²) in [7, 11) is 0. The molecule has 6 nitrogen and oxygen atoms in total. The van der Waals surface area contributed by atoms with Crippen LogP contribution in [0.2, 0.25) is 0 Å².